The number of hydrogen-bond acceptors (Lipinski definition) is 3. The van der Waals surface area contributed by atoms with Crippen LogP contribution in [0.25, 0.3) is 0 Å². The lowest BCUT2D eigenvalue weighted by Gasteiger charge is -2.33. The number of nitrogen functional groups attached to an aromatic ring is 1. The minimum absolute atomic E-state index is 0.0196. The van der Waals surface area contributed by atoms with E-state index in [4.69, 9.17) is 5.73 Å². The summed E-state index contributed by atoms with van der Waals surface area (Å²) in [7, 11) is 1.66. The summed E-state index contributed by atoms with van der Waals surface area (Å²) in [5.41, 5.74) is 5.19. The minimum Gasteiger partial charge on any atom is -0.399 e. The third kappa shape index (κ3) is 2.15. The molecule has 0 bridgehead atoms. The van der Waals surface area contributed by atoms with E-state index in [0.29, 0.717) is 13.1 Å². The fourth-order valence-corrected chi connectivity index (χ4v) is 1.84. The number of nitrogens with two attached hydrogens (primary N) is 1. The molecule has 0 saturated carbocycles. The number of benzene rings is 1. The maximum absolute atomic E-state index is 13.6. The number of nitrogens with zero attached hydrogens (tertiary/aromatic N) is 2. The molecule has 4 nitrogen and oxygen atoms in total. The first-order valence-electron chi connectivity index (χ1n) is 5.22. The van der Waals surface area contributed by atoms with Gasteiger partial charge in [0.1, 0.15) is 5.69 Å². The molecule has 0 radical (unpaired) electrons. The molecule has 2 rings (SSSR count). The normalized spacial score (nSPS) is 16.5. The Kier molecular flexibility index (Phi) is 2.87. The fourth-order valence-electron chi connectivity index (χ4n) is 1.84. The van der Waals surface area contributed by atoms with Gasteiger partial charge in [0.05, 0.1) is 6.54 Å². The van der Waals surface area contributed by atoms with E-state index < -0.39 is 11.6 Å². The van der Waals surface area contributed by atoms with Gasteiger partial charge in [-0.2, -0.15) is 0 Å². The van der Waals surface area contributed by atoms with Gasteiger partial charge in [-0.15, -0.1) is 0 Å². The van der Waals surface area contributed by atoms with Gasteiger partial charge in [0.25, 0.3) is 0 Å². The quantitative estimate of drug-likeness (QED) is 0.741. The van der Waals surface area contributed by atoms with Gasteiger partial charge >= 0.3 is 0 Å². The number of hydrogen-bond donors (Lipinski definition) is 1. The molecule has 0 atom stereocenters. The monoisotopic (exact) mass is 241 g/mol. The number of piperazine rings is 1. The highest BCUT2D eigenvalue weighted by Crippen LogP contribution is 2.26. The van der Waals surface area contributed by atoms with Gasteiger partial charge in [0.15, 0.2) is 11.6 Å². The third-order valence-electron chi connectivity index (χ3n) is 2.81. The highest BCUT2D eigenvalue weighted by Gasteiger charge is 2.25. The molecule has 6 heteroatoms. The molecule has 1 amide bonds. The average Bonchev–Trinajstić information content (AvgIpc) is 2.21. The summed E-state index contributed by atoms with van der Waals surface area (Å²) in [5, 5.41) is 0. The Balaban J connectivity index is 2.32. The molecule has 1 aliphatic rings. The zero-order valence-corrected chi connectivity index (χ0v) is 9.41. The van der Waals surface area contributed by atoms with Gasteiger partial charge in [0.2, 0.25) is 5.91 Å². The van der Waals surface area contributed by atoms with Gasteiger partial charge in [-0.05, 0) is 12.1 Å². The Bertz CT molecular complexity index is 441. The van der Waals surface area contributed by atoms with Crippen molar-refractivity contribution in [2.24, 2.45) is 0 Å². The highest BCUT2D eigenvalue weighted by atomic mass is 19.1. The van der Waals surface area contributed by atoms with Crippen molar-refractivity contribution >= 4 is 17.3 Å². The van der Waals surface area contributed by atoms with Crippen molar-refractivity contribution < 1.29 is 13.6 Å². The van der Waals surface area contributed by atoms with Crippen molar-refractivity contribution in [1.82, 2.24) is 4.90 Å². The molecule has 0 aliphatic carbocycles. The van der Waals surface area contributed by atoms with Crippen LogP contribution in [-0.4, -0.2) is 37.5 Å². The summed E-state index contributed by atoms with van der Waals surface area (Å²) in [6, 6.07) is 2.11. The Morgan fingerprint density at radius 1 is 1.24 bits per heavy atom. The molecular weight excluding hydrogens is 228 g/mol. The van der Waals surface area contributed by atoms with E-state index in [2.05, 4.69) is 0 Å². The molecule has 92 valence electrons. The number of amides is 1. The second-order valence-electron chi connectivity index (χ2n) is 4.07. The standard InChI is InChI=1S/C11H13F2N3O/c1-15-2-3-16(6-10(15)17)11-8(12)4-7(14)5-9(11)13/h4-5H,2-3,6,14H2,1H3. The molecule has 17 heavy (non-hydrogen) atoms. The second-order valence-corrected chi connectivity index (χ2v) is 4.07. The molecular formula is C11H13F2N3O. The molecule has 1 saturated heterocycles. The topological polar surface area (TPSA) is 49.6 Å². The Labute approximate surface area is 97.6 Å². The molecule has 0 spiro atoms. The lowest BCUT2D eigenvalue weighted by molar-refractivity contribution is -0.129. The highest BCUT2D eigenvalue weighted by molar-refractivity contribution is 5.82. The molecule has 1 heterocycles. The van der Waals surface area contributed by atoms with Crippen LogP contribution in [0, 0.1) is 11.6 Å². The molecule has 0 aromatic heterocycles. The van der Waals surface area contributed by atoms with Crippen LogP contribution in [0.1, 0.15) is 0 Å². The van der Waals surface area contributed by atoms with E-state index in [0.717, 1.165) is 12.1 Å². The van der Waals surface area contributed by atoms with Crippen LogP contribution in [0.3, 0.4) is 0 Å². The molecule has 1 aliphatic heterocycles. The van der Waals surface area contributed by atoms with Gasteiger partial charge in [-0.25, -0.2) is 8.78 Å². The van der Waals surface area contributed by atoms with Crippen molar-refractivity contribution in [2.75, 3.05) is 37.3 Å². The largest absolute Gasteiger partial charge is 0.399 e. The van der Waals surface area contributed by atoms with Crippen molar-refractivity contribution in [1.29, 1.82) is 0 Å². The van der Waals surface area contributed by atoms with Crippen LogP contribution in [0.4, 0.5) is 20.2 Å². The lowest BCUT2D eigenvalue weighted by Crippen LogP contribution is -2.49. The zero-order chi connectivity index (χ0) is 12.6. The Morgan fingerprint density at radius 2 is 1.82 bits per heavy atom. The van der Waals surface area contributed by atoms with Gasteiger partial charge < -0.3 is 15.5 Å². The van der Waals surface area contributed by atoms with Gasteiger partial charge in [-0.3, -0.25) is 4.79 Å². The smallest absolute Gasteiger partial charge is 0.241 e. The third-order valence-corrected chi connectivity index (χ3v) is 2.81. The van der Waals surface area contributed by atoms with Crippen molar-refractivity contribution in [3.63, 3.8) is 0 Å². The number of anilines is 2. The number of carbonyl (C=O) groups is 1. The Hall–Kier alpha value is -1.85. The maximum atomic E-state index is 13.6. The first kappa shape index (κ1) is 11.6. The van der Waals surface area contributed by atoms with E-state index >= 15 is 0 Å². The van der Waals surface area contributed by atoms with Gasteiger partial charge in [-0.1, -0.05) is 0 Å². The van der Waals surface area contributed by atoms with Crippen LogP contribution in [0.15, 0.2) is 12.1 Å². The first-order valence-corrected chi connectivity index (χ1v) is 5.22. The van der Waals surface area contributed by atoms with Crippen LogP contribution in [0.2, 0.25) is 0 Å². The summed E-state index contributed by atoms with van der Waals surface area (Å²) >= 11 is 0. The predicted molar refractivity (Wildman–Crippen MR) is 60.6 cm³/mol. The van der Waals surface area contributed by atoms with E-state index in [1.165, 1.54) is 9.80 Å². The van der Waals surface area contributed by atoms with E-state index in [-0.39, 0.29) is 23.8 Å². The minimum atomic E-state index is -0.736. The van der Waals surface area contributed by atoms with Crippen LogP contribution in [-0.2, 0) is 4.79 Å². The maximum Gasteiger partial charge on any atom is 0.241 e. The van der Waals surface area contributed by atoms with Crippen LogP contribution >= 0.6 is 0 Å². The number of carbonyl (C=O) groups excluding carboxylic acids is 1. The van der Waals surface area contributed by atoms with Crippen LogP contribution < -0.4 is 10.6 Å². The SMILES string of the molecule is CN1CCN(c2c(F)cc(N)cc2F)CC1=O. The van der Waals surface area contributed by atoms with Crippen LogP contribution in [0.5, 0.6) is 0 Å². The van der Waals surface area contributed by atoms with Crippen molar-refractivity contribution in [2.45, 2.75) is 0 Å². The molecule has 1 aromatic carbocycles. The molecule has 1 aromatic rings. The van der Waals surface area contributed by atoms with E-state index in [9.17, 15) is 13.6 Å². The predicted octanol–water partition coefficient (Wildman–Crippen LogP) is 0.825. The number of likely N-dealkylation sites (N-methyl/N-ethyl adjacent to an activating group) is 1. The first-order chi connectivity index (χ1) is 7.99. The summed E-state index contributed by atoms with van der Waals surface area (Å²) in [6.45, 7) is 0.830. The van der Waals surface area contributed by atoms with Crippen molar-refractivity contribution in [3.8, 4) is 0 Å². The fraction of sp³-hybridized carbons (Fsp3) is 0.364. The Morgan fingerprint density at radius 3 is 2.35 bits per heavy atom. The lowest BCUT2D eigenvalue weighted by atomic mass is 10.2. The summed E-state index contributed by atoms with van der Waals surface area (Å²) < 4.78 is 27.3. The summed E-state index contributed by atoms with van der Waals surface area (Å²) in [5.74, 6) is -1.63. The van der Waals surface area contributed by atoms with E-state index in [1.54, 1.807) is 7.05 Å². The van der Waals surface area contributed by atoms with Gasteiger partial charge in [0, 0.05) is 25.8 Å². The second kappa shape index (κ2) is 4.20. The van der Waals surface area contributed by atoms with E-state index in [1.807, 2.05) is 0 Å². The van der Waals surface area contributed by atoms with Crippen molar-refractivity contribution in [3.05, 3.63) is 23.8 Å². The number of rotatable bonds is 1. The number of halogens is 2. The molecule has 0 unspecified atom stereocenters. The molecule has 2 N–H and O–H groups in total. The average molecular weight is 241 g/mol. The summed E-state index contributed by atoms with van der Waals surface area (Å²) in [6.07, 6.45) is 0. The molecule has 1 fully saturated rings. The zero-order valence-electron chi connectivity index (χ0n) is 9.41. The summed E-state index contributed by atoms with van der Waals surface area (Å²) in [4.78, 5) is 14.4.